The average molecular weight is 498 g/mol. The van der Waals surface area contributed by atoms with Crippen LogP contribution in [-0.4, -0.2) is 44.1 Å². The van der Waals surface area contributed by atoms with E-state index in [4.69, 9.17) is 4.74 Å². The summed E-state index contributed by atoms with van der Waals surface area (Å²) >= 11 is 0. The Kier molecular flexibility index (Phi) is 6.81. The number of ether oxygens (including phenoxy) is 1. The van der Waals surface area contributed by atoms with Gasteiger partial charge in [-0.1, -0.05) is 24.8 Å². The minimum absolute atomic E-state index is 0.112. The van der Waals surface area contributed by atoms with Crippen LogP contribution in [0.3, 0.4) is 0 Å². The van der Waals surface area contributed by atoms with E-state index in [1.165, 1.54) is 6.08 Å². The van der Waals surface area contributed by atoms with E-state index < -0.39 is 0 Å². The van der Waals surface area contributed by atoms with Gasteiger partial charge < -0.3 is 15.0 Å². The van der Waals surface area contributed by atoms with Crippen molar-refractivity contribution in [2.24, 2.45) is 0 Å². The van der Waals surface area contributed by atoms with Crippen molar-refractivity contribution in [1.82, 2.24) is 19.0 Å². The molecular formula is C29H31N5O3. The molecule has 1 aliphatic rings. The molecule has 0 aliphatic carbocycles. The zero-order valence-electron chi connectivity index (χ0n) is 21.1. The third kappa shape index (κ3) is 4.87. The van der Waals surface area contributed by atoms with Gasteiger partial charge in [0.05, 0.1) is 17.2 Å². The maximum atomic E-state index is 14.1. The van der Waals surface area contributed by atoms with Crippen molar-refractivity contribution >= 4 is 22.8 Å². The molecule has 0 saturated carbocycles. The summed E-state index contributed by atoms with van der Waals surface area (Å²) in [6.07, 6.45) is 4.68. The number of hydrogen-bond acceptors (Lipinski definition) is 5. The number of piperidine rings is 1. The lowest BCUT2D eigenvalue weighted by atomic mass is 10.1. The molecule has 0 spiro atoms. The quantitative estimate of drug-likeness (QED) is 0.357. The molecule has 1 atom stereocenters. The van der Waals surface area contributed by atoms with Crippen LogP contribution in [0.15, 0.2) is 84.3 Å². The highest BCUT2D eigenvalue weighted by Crippen LogP contribution is 2.30. The molecule has 3 heterocycles. The topological polar surface area (TPSA) is 81.4 Å². The highest BCUT2D eigenvalue weighted by molar-refractivity contribution is 5.89. The number of nitrogens with one attached hydrogen (secondary N) is 1. The Morgan fingerprint density at radius 1 is 1.11 bits per heavy atom. The van der Waals surface area contributed by atoms with Crippen molar-refractivity contribution in [3.05, 3.63) is 90.0 Å². The smallest absolute Gasteiger partial charge is 0.334 e. The molecule has 0 radical (unpaired) electrons. The van der Waals surface area contributed by atoms with Gasteiger partial charge >= 0.3 is 5.69 Å². The van der Waals surface area contributed by atoms with Gasteiger partial charge in [0.15, 0.2) is 5.82 Å². The molecule has 2 aromatic carbocycles. The number of amides is 1. The van der Waals surface area contributed by atoms with Gasteiger partial charge in [0.1, 0.15) is 17.0 Å². The van der Waals surface area contributed by atoms with Gasteiger partial charge in [0, 0.05) is 25.3 Å². The Hall–Kier alpha value is -4.33. The number of aromatic nitrogens is 3. The lowest BCUT2D eigenvalue weighted by Gasteiger charge is -2.32. The maximum absolute atomic E-state index is 14.1. The maximum Gasteiger partial charge on any atom is 0.334 e. The summed E-state index contributed by atoms with van der Waals surface area (Å²) in [4.78, 5) is 32.7. The van der Waals surface area contributed by atoms with Crippen molar-refractivity contribution in [2.45, 2.75) is 38.8 Å². The number of para-hydroxylation sites is 1. The molecule has 0 bridgehead atoms. The molecule has 37 heavy (non-hydrogen) atoms. The van der Waals surface area contributed by atoms with Gasteiger partial charge in [0.2, 0.25) is 5.91 Å². The summed E-state index contributed by atoms with van der Waals surface area (Å²) in [6.45, 7) is 8.83. The minimum Gasteiger partial charge on any atom is -0.457 e. The van der Waals surface area contributed by atoms with Crippen molar-refractivity contribution in [3.63, 3.8) is 0 Å². The number of nitrogens with zero attached hydrogens (tertiary/aromatic N) is 4. The fourth-order valence-electron chi connectivity index (χ4n) is 4.92. The first-order valence-electron chi connectivity index (χ1n) is 12.6. The number of pyridine rings is 1. The third-order valence-corrected chi connectivity index (χ3v) is 6.53. The summed E-state index contributed by atoms with van der Waals surface area (Å²) in [7, 11) is 0. The molecule has 4 aromatic rings. The molecule has 1 aliphatic heterocycles. The normalized spacial score (nSPS) is 15.6. The zero-order chi connectivity index (χ0) is 25.9. The summed E-state index contributed by atoms with van der Waals surface area (Å²) in [5.74, 6) is 1.95. The van der Waals surface area contributed by atoms with E-state index in [2.05, 4.69) is 16.9 Å². The second kappa shape index (κ2) is 10.3. The van der Waals surface area contributed by atoms with E-state index in [9.17, 15) is 9.59 Å². The van der Waals surface area contributed by atoms with Crippen LogP contribution in [0.4, 0.5) is 5.82 Å². The van der Waals surface area contributed by atoms with Crippen LogP contribution in [-0.2, 0) is 4.79 Å². The third-order valence-electron chi connectivity index (χ3n) is 6.53. The second-order valence-corrected chi connectivity index (χ2v) is 9.51. The Morgan fingerprint density at radius 3 is 2.54 bits per heavy atom. The molecule has 1 amide bonds. The summed E-state index contributed by atoms with van der Waals surface area (Å²) in [5.41, 5.74) is 2.05. The molecular weight excluding hydrogens is 466 g/mol. The number of carbonyl (C=O) groups is 1. The van der Waals surface area contributed by atoms with Crippen LogP contribution >= 0.6 is 0 Å². The van der Waals surface area contributed by atoms with Gasteiger partial charge in [-0.2, -0.15) is 0 Å². The van der Waals surface area contributed by atoms with Gasteiger partial charge in [-0.3, -0.25) is 13.9 Å². The zero-order valence-corrected chi connectivity index (χ0v) is 21.1. The molecule has 8 nitrogen and oxygen atoms in total. The fourth-order valence-corrected chi connectivity index (χ4v) is 4.92. The second-order valence-electron chi connectivity index (χ2n) is 9.51. The van der Waals surface area contributed by atoms with Crippen LogP contribution < -0.4 is 15.7 Å². The van der Waals surface area contributed by atoms with Crippen LogP contribution in [0.2, 0.25) is 0 Å². The van der Waals surface area contributed by atoms with Crippen molar-refractivity contribution in [1.29, 1.82) is 0 Å². The number of carbonyl (C=O) groups excluding carboxylic acids is 1. The predicted octanol–water partition coefficient (Wildman–Crippen LogP) is 5.15. The lowest BCUT2D eigenvalue weighted by molar-refractivity contribution is -0.127. The predicted molar refractivity (Wildman–Crippen MR) is 146 cm³/mol. The Morgan fingerprint density at radius 2 is 1.84 bits per heavy atom. The Balaban J connectivity index is 1.61. The SMILES string of the molecule is C=CC(=O)N1CCC[C@@H](n2c(=O)n(-c3ccc(Oc4ccccc4)cc3)c3c(NC(C)C)nccc32)C1. The number of hydrogen-bond donors (Lipinski definition) is 1. The molecule has 5 rings (SSSR count). The highest BCUT2D eigenvalue weighted by Gasteiger charge is 2.29. The summed E-state index contributed by atoms with van der Waals surface area (Å²) < 4.78 is 9.47. The van der Waals surface area contributed by atoms with Gasteiger partial charge in [-0.15, -0.1) is 0 Å². The highest BCUT2D eigenvalue weighted by atomic mass is 16.5. The van der Waals surface area contributed by atoms with E-state index in [0.29, 0.717) is 35.9 Å². The molecule has 0 unspecified atom stereocenters. The Labute approximate surface area is 215 Å². The average Bonchev–Trinajstić information content (AvgIpc) is 3.21. The minimum atomic E-state index is -0.163. The van der Waals surface area contributed by atoms with Crippen LogP contribution in [0, 0.1) is 0 Å². The fraction of sp³-hybridized carbons (Fsp3) is 0.276. The van der Waals surface area contributed by atoms with E-state index in [0.717, 1.165) is 24.1 Å². The van der Waals surface area contributed by atoms with Gasteiger partial charge in [0.25, 0.3) is 0 Å². The number of fused-ring (bicyclic) bond motifs is 1. The number of imidazole rings is 1. The molecule has 1 N–H and O–H groups in total. The van der Waals surface area contributed by atoms with E-state index >= 15 is 0 Å². The van der Waals surface area contributed by atoms with Crippen molar-refractivity contribution in [2.75, 3.05) is 18.4 Å². The lowest BCUT2D eigenvalue weighted by Crippen LogP contribution is -2.42. The first kappa shape index (κ1) is 24.4. The van der Waals surface area contributed by atoms with Crippen LogP contribution in [0.25, 0.3) is 16.7 Å². The number of rotatable bonds is 7. The number of likely N-dealkylation sites (tertiary alicyclic amines) is 1. The van der Waals surface area contributed by atoms with E-state index in [1.807, 2.05) is 79.1 Å². The van der Waals surface area contributed by atoms with Crippen LogP contribution in [0.1, 0.15) is 32.7 Å². The first-order chi connectivity index (χ1) is 18.0. The standard InChI is InChI=1S/C29H31N5O3/c1-4-26(35)32-18-8-9-22(19-32)33-25-16-17-30-28(31-20(2)3)27(25)34(29(33)36)21-12-14-24(15-13-21)37-23-10-6-5-7-11-23/h4-7,10-17,20,22H,1,8-9,18-19H2,2-3H3,(H,30,31)/t22-/m1/s1. The molecule has 2 aromatic heterocycles. The molecule has 1 saturated heterocycles. The van der Waals surface area contributed by atoms with E-state index in [-0.39, 0.29) is 23.7 Å². The molecule has 190 valence electrons. The molecule has 8 heteroatoms. The number of benzene rings is 2. The Bertz CT molecular complexity index is 1470. The first-order valence-corrected chi connectivity index (χ1v) is 12.6. The summed E-state index contributed by atoms with van der Waals surface area (Å²) in [6, 6.07) is 18.9. The molecule has 1 fully saturated rings. The summed E-state index contributed by atoms with van der Waals surface area (Å²) in [5, 5.41) is 3.39. The monoisotopic (exact) mass is 497 g/mol. The van der Waals surface area contributed by atoms with Crippen LogP contribution in [0.5, 0.6) is 11.5 Å². The largest absolute Gasteiger partial charge is 0.457 e. The number of anilines is 1. The van der Waals surface area contributed by atoms with Crippen molar-refractivity contribution < 1.29 is 9.53 Å². The van der Waals surface area contributed by atoms with E-state index in [1.54, 1.807) is 15.7 Å². The van der Waals surface area contributed by atoms with Gasteiger partial charge in [-0.05, 0) is 75.2 Å². The van der Waals surface area contributed by atoms with Gasteiger partial charge in [-0.25, -0.2) is 9.78 Å². The van der Waals surface area contributed by atoms with Crippen molar-refractivity contribution in [3.8, 4) is 17.2 Å².